The molecule has 0 unspecified atom stereocenters. The number of nitrogens with one attached hydrogen (secondary N) is 1. The van der Waals surface area contributed by atoms with Crippen molar-refractivity contribution >= 4 is 20.2 Å². The van der Waals surface area contributed by atoms with Gasteiger partial charge >= 0.3 is 68.5 Å². The first kappa shape index (κ1) is 36.7. The molecular weight excluding hydrogens is 688 g/mol. The largest absolute Gasteiger partial charge is 0.439 e. The number of hydrogen-bond acceptors (Lipinski definition) is 8. The second-order valence-electron chi connectivity index (χ2n) is 7.17. The maximum atomic E-state index is 13.5. The number of aromatic amines is 1. The van der Waals surface area contributed by atoms with E-state index in [1.54, 1.807) is 0 Å². The third-order valence-electron chi connectivity index (χ3n) is 3.83. The number of hydrogen-bond donors (Lipinski definition) is 1. The van der Waals surface area contributed by atoms with Crippen LogP contribution in [0.5, 0.6) is 0 Å². The van der Waals surface area contributed by atoms with Gasteiger partial charge in [0.1, 0.15) is 12.8 Å². The van der Waals surface area contributed by atoms with Crippen LogP contribution in [0.2, 0.25) is 0 Å². The predicted molar refractivity (Wildman–Crippen MR) is 84.0 cm³/mol. The van der Waals surface area contributed by atoms with Gasteiger partial charge in [-0.3, -0.25) is 0 Å². The lowest BCUT2D eigenvalue weighted by molar-refractivity contribution is -0.383. The van der Waals surface area contributed by atoms with Crippen LogP contribution in [0.4, 0.5) is 79.0 Å². The van der Waals surface area contributed by atoms with Crippen LogP contribution < -0.4 is 0 Å². The van der Waals surface area contributed by atoms with Gasteiger partial charge in [-0.2, -0.15) is 109 Å². The summed E-state index contributed by atoms with van der Waals surface area (Å²) in [5, 5.41) is -2.84. The van der Waals surface area contributed by atoms with Crippen molar-refractivity contribution in [3.63, 3.8) is 0 Å². The fourth-order valence-corrected chi connectivity index (χ4v) is 3.75. The molecule has 1 aromatic rings. The molecule has 0 aliphatic heterocycles. The van der Waals surface area contributed by atoms with Crippen molar-refractivity contribution in [1.82, 2.24) is 15.2 Å². The van der Waals surface area contributed by atoms with E-state index in [0.717, 1.165) is 0 Å². The van der Waals surface area contributed by atoms with Crippen LogP contribution in [0.1, 0.15) is 12.8 Å². The van der Waals surface area contributed by atoms with Crippen molar-refractivity contribution in [3.8, 4) is 0 Å². The lowest BCUT2D eigenvalue weighted by Gasteiger charge is -2.31. The molecule has 1 rings (SSSR count). The van der Waals surface area contributed by atoms with E-state index in [0.29, 0.717) is 5.10 Å². The first-order valence-electron chi connectivity index (χ1n) is 8.78. The molecule has 29 heteroatoms. The van der Waals surface area contributed by atoms with E-state index in [1.165, 1.54) is 0 Å². The zero-order valence-corrected chi connectivity index (χ0v) is 19.5. The number of halogens is 18. The number of nitrogens with zero attached hydrogens (tertiary/aromatic N) is 2. The monoisotopic (exact) mass is 693 g/mol. The molecule has 242 valence electrons. The Kier molecular flexibility index (Phi) is 9.10. The summed E-state index contributed by atoms with van der Waals surface area (Å²) in [4.78, 5) is 1.95. The minimum atomic E-state index is -7.34. The van der Waals surface area contributed by atoms with Gasteiger partial charge in [-0.15, -0.1) is 5.10 Å². The van der Waals surface area contributed by atoms with Crippen LogP contribution in [-0.4, -0.2) is 80.3 Å². The molecule has 9 nitrogen and oxygen atoms in total. The summed E-state index contributed by atoms with van der Waals surface area (Å²) in [7, 11) is -13.9. The van der Waals surface area contributed by atoms with Gasteiger partial charge < -0.3 is 0 Å². The molecule has 0 atom stereocenters. The Morgan fingerprint density at radius 3 is 1.20 bits per heavy atom. The zero-order valence-electron chi connectivity index (χ0n) is 17.9. The van der Waals surface area contributed by atoms with Crippen LogP contribution in [0, 0.1) is 0 Å². The van der Waals surface area contributed by atoms with Gasteiger partial charge in [-0.05, 0) is 0 Å². The highest BCUT2D eigenvalue weighted by atomic mass is 32.2. The lowest BCUT2D eigenvalue weighted by Crippen LogP contribution is -2.57. The summed E-state index contributed by atoms with van der Waals surface area (Å²) in [6.45, 7) is 0. The molecule has 1 heterocycles. The van der Waals surface area contributed by atoms with E-state index in [1.807, 2.05) is 10.1 Å². The van der Waals surface area contributed by atoms with Gasteiger partial charge in [0.25, 0.3) is 10.3 Å². The van der Waals surface area contributed by atoms with Crippen LogP contribution in [-0.2, 0) is 28.6 Å². The van der Waals surface area contributed by atoms with E-state index < -0.39 is 91.7 Å². The molecule has 0 aliphatic rings. The molecule has 1 aromatic heterocycles. The molecule has 41 heavy (non-hydrogen) atoms. The van der Waals surface area contributed by atoms with E-state index in [-0.39, 0.29) is 0 Å². The Balaban J connectivity index is 3.36. The number of aromatic nitrogens is 3. The molecule has 0 amide bonds. The summed E-state index contributed by atoms with van der Waals surface area (Å²) in [5.41, 5.74) is 0. The molecular formula is C12H5F18N3O6S2. The van der Waals surface area contributed by atoms with Crippen molar-refractivity contribution < 1.29 is 104 Å². The minimum absolute atomic E-state index is 0.581. The summed E-state index contributed by atoms with van der Waals surface area (Å²) < 4.78 is 284. The topological polar surface area (TPSA) is 128 Å². The molecule has 0 saturated heterocycles. The zero-order chi connectivity index (χ0) is 33.1. The standard InChI is InChI=1S/C12H5F18N3O6S2/c13-5(14,1-7(17,18)19)9(23,24)11(27,28)38-40(34,35)3-31-4(33-32-3)41(36,37)39-12(29,30)10(25,26)6(15,16)2-8(20,21)22/h1-2H2,(H,31,32,33). The average Bonchev–Trinajstić information content (AvgIpc) is 3.14. The number of rotatable bonds is 12. The van der Waals surface area contributed by atoms with Crippen molar-refractivity contribution in [1.29, 1.82) is 0 Å². The highest BCUT2D eigenvalue weighted by Gasteiger charge is 2.77. The number of H-pyrrole nitrogens is 1. The Labute approximate surface area is 212 Å². The van der Waals surface area contributed by atoms with Gasteiger partial charge in [0, 0.05) is 0 Å². The normalized spacial score (nSPS) is 15.9. The fraction of sp³-hybridized carbons (Fsp3) is 0.833. The summed E-state index contributed by atoms with van der Waals surface area (Å²) in [6, 6.07) is 0. The van der Waals surface area contributed by atoms with Gasteiger partial charge in [0.15, 0.2) is 0 Å². The first-order valence-corrected chi connectivity index (χ1v) is 11.6. The quantitative estimate of drug-likeness (QED) is 0.243. The third kappa shape index (κ3) is 7.76. The van der Waals surface area contributed by atoms with Crippen molar-refractivity contribution in [2.75, 3.05) is 0 Å². The van der Waals surface area contributed by atoms with Crippen LogP contribution in [0.25, 0.3) is 0 Å². The Bertz CT molecular complexity index is 1220. The molecule has 0 aliphatic carbocycles. The van der Waals surface area contributed by atoms with Gasteiger partial charge in [-0.1, -0.05) is 0 Å². The van der Waals surface area contributed by atoms with Gasteiger partial charge in [0.2, 0.25) is 0 Å². The molecule has 0 saturated carbocycles. The first-order chi connectivity index (χ1) is 17.5. The van der Waals surface area contributed by atoms with Crippen LogP contribution in [0.15, 0.2) is 10.3 Å². The second kappa shape index (κ2) is 10.2. The highest BCUT2D eigenvalue weighted by Crippen LogP contribution is 2.52. The lowest BCUT2D eigenvalue weighted by atomic mass is 10.1. The minimum Gasteiger partial charge on any atom is -0.247 e. The van der Waals surface area contributed by atoms with E-state index in [2.05, 4.69) is 8.37 Å². The average molecular weight is 693 g/mol. The maximum Gasteiger partial charge on any atom is 0.439 e. The maximum absolute atomic E-state index is 13.5. The summed E-state index contributed by atoms with van der Waals surface area (Å²) in [6.07, 6.45) is -34.8. The van der Waals surface area contributed by atoms with E-state index in [9.17, 15) is 95.9 Å². The third-order valence-corrected chi connectivity index (χ3v) is 5.97. The molecule has 1 N–H and O–H groups in total. The molecule has 0 radical (unpaired) electrons. The van der Waals surface area contributed by atoms with Crippen molar-refractivity contribution in [3.05, 3.63) is 0 Å². The SMILES string of the molecule is O=S(=O)(OC(F)(F)C(F)(F)C(F)(F)CC(F)(F)F)c1n[nH]c(S(=O)(=O)OC(F)(F)C(F)(F)C(F)(F)CC(F)(F)F)n1. The second-order valence-corrected chi connectivity index (χ2v) is 10.1. The van der Waals surface area contributed by atoms with Gasteiger partial charge in [0.05, 0.1) is 0 Å². The van der Waals surface area contributed by atoms with E-state index in [4.69, 9.17) is 0 Å². The Morgan fingerprint density at radius 1 is 0.561 bits per heavy atom. The summed E-state index contributed by atoms with van der Waals surface area (Å²) in [5.74, 6) is -28.3. The van der Waals surface area contributed by atoms with E-state index >= 15 is 0 Å². The summed E-state index contributed by atoms with van der Waals surface area (Å²) >= 11 is 0. The Hall–Kier alpha value is -2.30. The van der Waals surface area contributed by atoms with Crippen molar-refractivity contribution in [2.45, 2.75) is 71.4 Å². The molecule has 0 aromatic carbocycles. The van der Waals surface area contributed by atoms with Crippen LogP contribution >= 0.6 is 0 Å². The molecule has 0 bridgehead atoms. The van der Waals surface area contributed by atoms with Crippen molar-refractivity contribution in [2.24, 2.45) is 0 Å². The smallest absolute Gasteiger partial charge is 0.247 e. The number of alkyl halides is 18. The predicted octanol–water partition coefficient (Wildman–Crippen LogP) is 4.85. The van der Waals surface area contributed by atoms with Gasteiger partial charge in [-0.25, -0.2) is 5.10 Å². The highest BCUT2D eigenvalue weighted by molar-refractivity contribution is 7.87. The fourth-order valence-electron chi connectivity index (χ4n) is 2.06. The molecule has 0 spiro atoms. The van der Waals surface area contributed by atoms with Crippen LogP contribution in [0.3, 0.4) is 0 Å². The Morgan fingerprint density at radius 2 is 0.878 bits per heavy atom. The molecule has 0 fully saturated rings.